The monoisotopic (exact) mass is 409 g/mol. The number of benzene rings is 1. The molecule has 1 saturated heterocycles. The topological polar surface area (TPSA) is 86.3 Å². The molecule has 27 heavy (non-hydrogen) atoms. The molecule has 1 fully saturated rings. The van der Waals surface area contributed by atoms with Gasteiger partial charge in [0.2, 0.25) is 11.1 Å². The van der Waals surface area contributed by atoms with Crippen LogP contribution in [-0.4, -0.2) is 44.5 Å². The predicted molar refractivity (Wildman–Crippen MR) is 106 cm³/mol. The third kappa shape index (κ3) is 5.77. The van der Waals surface area contributed by atoms with Crippen LogP contribution in [0.3, 0.4) is 0 Å². The van der Waals surface area contributed by atoms with Crippen molar-refractivity contribution in [2.45, 2.75) is 43.9 Å². The molecule has 9 heteroatoms. The van der Waals surface area contributed by atoms with Crippen LogP contribution in [0.25, 0.3) is 0 Å². The van der Waals surface area contributed by atoms with Crippen molar-refractivity contribution in [3.05, 3.63) is 35.1 Å². The molecule has 2 aromatic rings. The number of ether oxygens (including phenoxy) is 1. The number of hydrogen-bond donors (Lipinski definition) is 1. The summed E-state index contributed by atoms with van der Waals surface area (Å²) in [6.07, 6.45) is 5.83. The summed E-state index contributed by atoms with van der Waals surface area (Å²) in [7, 11) is 0. The number of hydrogen-bond acceptors (Lipinski definition) is 6. The third-order valence-electron chi connectivity index (χ3n) is 4.45. The van der Waals surface area contributed by atoms with Crippen molar-refractivity contribution >= 4 is 29.3 Å². The van der Waals surface area contributed by atoms with Gasteiger partial charge < -0.3 is 15.5 Å². The van der Waals surface area contributed by atoms with Gasteiger partial charge in [-0.1, -0.05) is 42.6 Å². The molecule has 0 aliphatic carbocycles. The Morgan fingerprint density at radius 1 is 1.11 bits per heavy atom. The standard InChI is InChI=1S/C18H24ClN5O2S/c19-14-6-8-15(9-7-14)26-12-16-21-22-18(24(16)20)27-13-17(25)23-10-4-2-1-3-5-11-23/h6-9H,1-5,10-13,20H2. The summed E-state index contributed by atoms with van der Waals surface area (Å²) in [5.41, 5.74) is 0. The number of carbonyl (C=O) groups is 1. The number of aromatic nitrogens is 3. The van der Waals surface area contributed by atoms with Crippen molar-refractivity contribution in [1.29, 1.82) is 0 Å². The SMILES string of the molecule is Nn1c(COc2ccc(Cl)cc2)nnc1SCC(=O)N1CCCCCCC1. The van der Waals surface area contributed by atoms with Crippen molar-refractivity contribution in [3.63, 3.8) is 0 Å². The molecule has 0 saturated carbocycles. The molecule has 1 aromatic carbocycles. The summed E-state index contributed by atoms with van der Waals surface area (Å²) < 4.78 is 7.02. The fraction of sp³-hybridized carbons (Fsp3) is 0.500. The molecule has 2 heterocycles. The van der Waals surface area contributed by atoms with Gasteiger partial charge in [0.05, 0.1) is 5.75 Å². The van der Waals surface area contributed by atoms with Gasteiger partial charge in [-0.25, -0.2) is 4.68 Å². The van der Waals surface area contributed by atoms with E-state index in [1.807, 2.05) is 4.90 Å². The number of carbonyl (C=O) groups excluding carboxylic acids is 1. The molecule has 1 amide bonds. The van der Waals surface area contributed by atoms with Crippen LogP contribution in [0, 0.1) is 0 Å². The Labute approximate surface area is 168 Å². The van der Waals surface area contributed by atoms with Crippen LogP contribution < -0.4 is 10.6 Å². The molecular formula is C18H24ClN5O2S. The van der Waals surface area contributed by atoms with E-state index >= 15 is 0 Å². The van der Waals surface area contributed by atoms with Crippen molar-refractivity contribution in [3.8, 4) is 5.75 Å². The zero-order valence-electron chi connectivity index (χ0n) is 15.1. The van der Waals surface area contributed by atoms with E-state index in [0.29, 0.717) is 27.5 Å². The van der Waals surface area contributed by atoms with E-state index in [0.717, 1.165) is 25.9 Å². The number of nitrogens with two attached hydrogens (primary N) is 1. The van der Waals surface area contributed by atoms with Gasteiger partial charge >= 0.3 is 0 Å². The number of nitrogen functional groups attached to an aromatic ring is 1. The van der Waals surface area contributed by atoms with Gasteiger partial charge in [0, 0.05) is 18.1 Å². The molecule has 0 bridgehead atoms. The highest BCUT2D eigenvalue weighted by atomic mass is 35.5. The lowest BCUT2D eigenvalue weighted by Gasteiger charge is -2.24. The lowest BCUT2D eigenvalue weighted by molar-refractivity contribution is -0.128. The largest absolute Gasteiger partial charge is 0.486 e. The van der Waals surface area contributed by atoms with E-state index in [1.165, 1.54) is 35.7 Å². The molecule has 1 aromatic heterocycles. The number of amides is 1. The smallest absolute Gasteiger partial charge is 0.233 e. The van der Waals surface area contributed by atoms with Crippen LogP contribution >= 0.6 is 23.4 Å². The van der Waals surface area contributed by atoms with E-state index < -0.39 is 0 Å². The van der Waals surface area contributed by atoms with Crippen molar-refractivity contribution < 1.29 is 9.53 Å². The van der Waals surface area contributed by atoms with Gasteiger partial charge in [0.25, 0.3) is 0 Å². The lowest BCUT2D eigenvalue weighted by atomic mass is 10.1. The Kier molecular flexibility index (Phi) is 7.23. The molecule has 7 nitrogen and oxygen atoms in total. The third-order valence-corrected chi connectivity index (χ3v) is 5.63. The molecule has 3 rings (SSSR count). The molecule has 0 atom stereocenters. The minimum Gasteiger partial charge on any atom is -0.486 e. The van der Waals surface area contributed by atoms with Gasteiger partial charge in [0.15, 0.2) is 5.82 Å². The predicted octanol–water partition coefficient (Wildman–Crippen LogP) is 3.11. The van der Waals surface area contributed by atoms with Crippen LogP contribution in [0.4, 0.5) is 0 Å². The normalized spacial score (nSPS) is 15.2. The van der Waals surface area contributed by atoms with Crippen molar-refractivity contribution in [1.82, 2.24) is 19.8 Å². The number of likely N-dealkylation sites (tertiary alicyclic amines) is 1. The van der Waals surface area contributed by atoms with Gasteiger partial charge in [-0.2, -0.15) is 0 Å². The number of rotatable bonds is 6. The fourth-order valence-corrected chi connectivity index (χ4v) is 3.80. The van der Waals surface area contributed by atoms with Crippen LogP contribution in [-0.2, 0) is 11.4 Å². The Bertz CT molecular complexity index is 745. The minimum atomic E-state index is 0.129. The van der Waals surface area contributed by atoms with E-state index in [2.05, 4.69) is 10.2 Å². The summed E-state index contributed by atoms with van der Waals surface area (Å²) in [5, 5.41) is 9.28. The Hall–Kier alpha value is -1.93. The summed E-state index contributed by atoms with van der Waals surface area (Å²) in [6, 6.07) is 7.05. The second-order valence-electron chi connectivity index (χ2n) is 6.45. The Morgan fingerprint density at radius 2 is 1.78 bits per heavy atom. The first-order valence-corrected chi connectivity index (χ1v) is 10.5. The lowest BCUT2D eigenvalue weighted by Crippen LogP contribution is -2.35. The quantitative estimate of drug-likeness (QED) is 0.582. The Morgan fingerprint density at radius 3 is 2.48 bits per heavy atom. The molecule has 0 unspecified atom stereocenters. The van der Waals surface area contributed by atoms with Crippen molar-refractivity contribution in [2.75, 3.05) is 24.7 Å². The summed E-state index contributed by atoms with van der Waals surface area (Å²) in [5.74, 6) is 7.65. The molecule has 0 radical (unpaired) electrons. The number of nitrogens with zero attached hydrogens (tertiary/aromatic N) is 4. The minimum absolute atomic E-state index is 0.129. The van der Waals surface area contributed by atoms with Gasteiger partial charge in [-0.05, 0) is 37.1 Å². The highest BCUT2D eigenvalue weighted by molar-refractivity contribution is 7.99. The highest BCUT2D eigenvalue weighted by Crippen LogP contribution is 2.19. The van der Waals surface area contributed by atoms with E-state index in [9.17, 15) is 4.79 Å². The van der Waals surface area contributed by atoms with Crippen molar-refractivity contribution in [2.24, 2.45) is 0 Å². The summed E-state index contributed by atoms with van der Waals surface area (Å²) in [6.45, 7) is 1.87. The van der Waals surface area contributed by atoms with Gasteiger partial charge in [0.1, 0.15) is 12.4 Å². The Balaban J connectivity index is 1.50. The second kappa shape index (κ2) is 9.85. The van der Waals surface area contributed by atoms with E-state index in [1.54, 1.807) is 24.3 Å². The number of thioether (sulfide) groups is 1. The summed E-state index contributed by atoms with van der Waals surface area (Å²) in [4.78, 5) is 14.4. The molecule has 1 aliphatic heterocycles. The van der Waals surface area contributed by atoms with E-state index in [-0.39, 0.29) is 12.5 Å². The average Bonchev–Trinajstić information content (AvgIpc) is 2.99. The highest BCUT2D eigenvalue weighted by Gasteiger charge is 2.17. The zero-order valence-corrected chi connectivity index (χ0v) is 16.7. The van der Waals surface area contributed by atoms with Crippen LogP contribution in [0.2, 0.25) is 5.02 Å². The molecule has 0 spiro atoms. The molecule has 146 valence electrons. The summed E-state index contributed by atoms with van der Waals surface area (Å²) >= 11 is 7.16. The van der Waals surface area contributed by atoms with Gasteiger partial charge in [-0.3, -0.25) is 4.79 Å². The zero-order chi connectivity index (χ0) is 19.1. The molecule has 2 N–H and O–H groups in total. The first-order chi connectivity index (χ1) is 13.1. The maximum Gasteiger partial charge on any atom is 0.233 e. The average molecular weight is 410 g/mol. The maximum absolute atomic E-state index is 12.5. The first-order valence-electron chi connectivity index (χ1n) is 9.12. The van der Waals surface area contributed by atoms with Crippen LogP contribution in [0.1, 0.15) is 37.9 Å². The fourth-order valence-electron chi connectivity index (χ4n) is 2.90. The van der Waals surface area contributed by atoms with Crippen LogP contribution in [0.15, 0.2) is 29.4 Å². The molecule has 1 aliphatic rings. The number of halogens is 1. The maximum atomic E-state index is 12.5. The van der Waals surface area contributed by atoms with Gasteiger partial charge in [-0.15, -0.1) is 10.2 Å². The first kappa shape index (κ1) is 19.8. The molecular weight excluding hydrogens is 386 g/mol. The second-order valence-corrected chi connectivity index (χ2v) is 7.83. The van der Waals surface area contributed by atoms with Crippen LogP contribution in [0.5, 0.6) is 5.75 Å². The van der Waals surface area contributed by atoms with E-state index in [4.69, 9.17) is 22.2 Å².